The number of nitrogens with zero attached hydrogens (tertiary/aromatic N) is 2. The van der Waals surface area contributed by atoms with Gasteiger partial charge in [0.25, 0.3) is 0 Å². The number of benzene rings is 1. The summed E-state index contributed by atoms with van der Waals surface area (Å²) in [4.78, 5) is 0. The van der Waals surface area contributed by atoms with Gasteiger partial charge in [0.15, 0.2) is 23.3 Å². The van der Waals surface area contributed by atoms with Crippen LogP contribution in [0.2, 0.25) is 0 Å². The van der Waals surface area contributed by atoms with Crippen LogP contribution >= 0.6 is 0 Å². The summed E-state index contributed by atoms with van der Waals surface area (Å²) in [7, 11) is 0. The van der Waals surface area contributed by atoms with Gasteiger partial charge in [-0.2, -0.15) is 5.10 Å². The Balaban J connectivity index is 2.79. The van der Waals surface area contributed by atoms with E-state index in [4.69, 9.17) is 0 Å². The molecule has 0 unspecified atom stereocenters. The second-order valence-electron chi connectivity index (χ2n) is 3.66. The van der Waals surface area contributed by atoms with Crippen molar-refractivity contribution in [2.45, 2.75) is 13.8 Å². The first-order chi connectivity index (χ1) is 7.91. The van der Waals surface area contributed by atoms with Crippen molar-refractivity contribution in [3.8, 4) is 5.69 Å². The fourth-order valence-corrected chi connectivity index (χ4v) is 1.60. The van der Waals surface area contributed by atoms with Crippen LogP contribution in [0.4, 0.5) is 17.6 Å². The first-order valence-corrected chi connectivity index (χ1v) is 4.78. The van der Waals surface area contributed by atoms with Gasteiger partial charge in [-0.1, -0.05) is 0 Å². The Morgan fingerprint density at radius 1 is 0.941 bits per heavy atom. The maximum absolute atomic E-state index is 13.5. The number of aromatic nitrogens is 2. The molecule has 0 radical (unpaired) electrons. The van der Waals surface area contributed by atoms with Crippen LogP contribution in [0.5, 0.6) is 0 Å². The van der Waals surface area contributed by atoms with E-state index in [1.54, 1.807) is 13.0 Å². The fraction of sp³-hybridized carbons (Fsp3) is 0.182. The Hall–Kier alpha value is -1.85. The Kier molecular flexibility index (Phi) is 2.65. The molecule has 0 amide bonds. The lowest BCUT2D eigenvalue weighted by Crippen LogP contribution is -2.09. The molecule has 0 spiro atoms. The van der Waals surface area contributed by atoms with Gasteiger partial charge in [0, 0.05) is 11.8 Å². The van der Waals surface area contributed by atoms with Crippen molar-refractivity contribution in [3.63, 3.8) is 0 Å². The molecule has 0 saturated carbocycles. The normalized spacial score (nSPS) is 10.9. The standard InChI is InChI=1S/C11H8F4N2/c1-5-3-6(2)17(16-5)11-9(14)7(12)4-8(13)10(11)15/h3-4H,1-2H3. The predicted octanol–water partition coefficient (Wildman–Crippen LogP) is 3.05. The summed E-state index contributed by atoms with van der Waals surface area (Å²) in [6.45, 7) is 3.14. The van der Waals surface area contributed by atoms with Gasteiger partial charge in [-0.15, -0.1) is 0 Å². The van der Waals surface area contributed by atoms with Crippen LogP contribution in [0.25, 0.3) is 5.69 Å². The van der Waals surface area contributed by atoms with Gasteiger partial charge < -0.3 is 0 Å². The molecule has 17 heavy (non-hydrogen) atoms. The molecular formula is C11H8F4N2. The van der Waals surface area contributed by atoms with Crippen LogP contribution < -0.4 is 0 Å². The fourth-order valence-electron chi connectivity index (χ4n) is 1.60. The van der Waals surface area contributed by atoms with E-state index in [-0.39, 0.29) is 6.07 Å². The Morgan fingerprint density at radius 2 is 1.47 bits per heavy atom. The number of aryl methyl sites for hydroxylation is 2. The van der Waals surface area contributed by atoms with Crippen LogP contribution in [0, 0.1) is 37.1 Å². The second-order valence-corrected chi connectivity index (χ2v) is 3.66. The smallest absolute Gasteiger partial charge is 0.187 e. The molecule has 1 aromatic heterocycles. The molecule has 0 N–H and O–H groups in total. The van der Waals surface area contributed by atoms with Gasteiger partial charge in [0.1, 0.15) is 5.69 Å². The minimum atomic E-state index is -1.46. The van der Waals surface area contributed by atoms with E-state index in [2.05, 4.69) is 5.10 Å². The van der Waals surface area contributed by atoms with E-state index in [1.165, 1.54) is 6.92 Å². The molecule has 0 aliphatic carbocycles. The molecule has 2 nitrogen and oxygen atoms in total. The summed E-state index contributed by atoms with van der Waals surface area (Å²) in [6, 6.07) is 1.71. The van der Waals surface area contributed by atoms with E-state index in [1.807, 2.05) is 0 Å². The zero-order valence-corrected chi connectivity index (χ0v) is 9.06. The number of hydrogen-bond acceptors (Lipinski definition) is 1. The van der Waals surface area contributed by atoms with Gasteiger partial charge in [0.05, 0.1) is 5.69 Å². The lowest BCUT2D eigenvalue weighted by molar-refractivity contribution is 0.443. The molecule has 0 aliphatic heterocycles. The first-order valence-electron chi connectivity index (χ1n) is 4.78. The molecule has 2 rings (SSSR count). The lowest BCUT2D eigenvalue weighted by Gasteiger charge is -2.08. The van der Waals surface area contributed by atoms with Crippen molar-refractivity contribution in [2.75, 3.05) is 0 Å². The molecule has 0 fully saturated rings. The van der Waals surface area contributed by atoms with E-state index >= 15 is 0 Å². The molecule has 0 aliphatic rings. The molecule has 0 bridgehead atoms. The topological polar surface area (TPSA) is 17.8 Å². The molecule has 1 heterocycles. The van der Waals surface area contributed by atoms with Gasteiger partial charge in [-0.05, 0) is 19.9 Å². The summed E-state index contributed by atoms with van der Waals surface area (Å²) in [5, 5.41) is 3.79. The molecule has 0 saturated heterocycles. The zero-order valence-electron chi connectivity index (χ0n) is 9.06. The number of halogens is 4. The Labute approximate surface area is 94.5 Å². The summed E-state index contributed by atoms with van der Waals surface area (Å²) >= 11 is 0. The minimum absolute atomic E-state index is 0.167. The highest BCUT2D eigenvalue weighted by Gasteiger charge is 2.22. The second kappa shape index (κ2) is 3.87. The van der Waals surface area contributed by atoms with E-state index in [0.29, 0.717) is 11.4 Å². The van der Waals surface area contributed by atoms with Gasteiger partial charge in [-0.25, -0.2) is 22.2 Å². The number of rotatable bonds is 1. The van der Waals surface area contributed by atoms with Gasteiger partial charge in [-0.3, -0.25) is 0 Å². The Morgan fingerprint density at radius 3 is 1.88 bits per heavy atom. The monoisotopic (exact) mass is 244 g/mol. The van der Waals surface area contributed by atoms with Crippen LogP contribution in [0.1, 0.15) is 11.4 Å². The quantitative estimate of drug-likeness (QED) is 0.557. The van der Waals surface area contributed by atoms with E-state index in [9.17, 15) is 17.6 Å². The summed E-state index contributed by atoms with van der Waals surface area (Å²) in [6.07, 6.45) is 0. The molecule has 2 aromatic rings. The van der Waals surface area contributed by atoms with Crippen molar-refractivity contribution in [2.24, 2.45) is 0 Å². The lowest BCUT2D eigenvalue weighted by atomic mass is 10.2. The number of hydrogen-bond donors (Lipinski definition) is 0. The third-order valence-corrected chi connectivity index (χ3v) is 2.31. The maximum Gasteiger partial charge on any atom is 0.187 e. The molecule has 1 aromatic carbocycles. The molecule has 6 heteroatoms. The van der Waals surface area contributed by atoms with E-state index < -0.39 is 29.0 Å². The van der Waals surface area contributed by atoms with Crippen molar-refractivity contribution in [1.29, 1.82) is 0 Å². The average Bonchev–Trinajstić information content (AvgIpc) is 2.56. The first kappa shape index (κ1) is 11.6. The highest BCUT2D eigenvalue weighted by Crippen LogP contribution is 2.24. The Bertz CT molecular complexity index is 563. The summed E-state index contributed by atoms with van der Waals surface area (Å²) in [5.41, 5.74) is 0.0318. The van der Waals surface area contributed by atoms with Crippen molar-refractivity contribution >= 4 is 0 Å². The van der Waals surface area contributed by atoms with Crippen LogP contribution in [0.3, 0.4) is 0 Å². The summed E-state index contributed by atoms with van der Waals surface area (Å²) in [5.74, 6) is -5.83. The molecular weight excluding hydrogens is 236 g/mol. The van der Waals surface area contributed by atoms with Crippen LogP contribution in [-0.4, -0.2) is 9.78 Å². The largest absolute Gasteiger partial charge is 0.232 e. The van der Waals surface area contributed by atoms with Crippen molar-refractivity contribution < 1.29 is 17.6 Å². The van der Waals surface area contributed by atoms with Gasteiger partial charge >= 0.3 is 0 Å². The highest BCUT2D eigenvalue weighted by molar-refractivity contribution is 5.38. The van der Waals surface area contributed by atoms with Crippen molar-refractivity contribution in [1.82, 2.24) is 9.78 Å². The zero-order chi connectivity index (χ0) is 12.7. The third kappa shape index (κ3) is 1.79. The molecule has 0 atom stereocenters. The predicted molar refractivity (Wildman–Crippen MR) is 52.9 cm³/mol. The third-order valence-electron chi connectivity index (χ3n) is 2.31. The van der Waals surface area contributed by atoms with Crippen LogP contribution in [-0.2, 0) is 0 Å². The molecule has 90 valence electrons. The average molecular weight is 244 g/mol. The minimum Gasteiger partial charge on any atom is -0.232 e. The summed E-state index contributed by atoms with van der Waals surface area (Å²) < 4.78 is 53.8. The maximum atomic E-state index is 13.5. The van der Waals surface area contributed by atoms with E-state index in [0.717, 1.165) is 4.68 Å². The SMILES string of the molecule is Cc1cc(C)n(-c2c(F)c(F)cc(F)c2F)n1. The highest BCUT2D eigenvalue weighted by atomic mass is 19.2. The van der Waals surface area contributed by atoms with Crippen molar-refractivity contribution in [3.05, 3.63) is 46.8 Å². The van der Waals surface area contributed by atoms with Gasteiger partial charge in [0.2, 0.25) is 0 Å². The van der Waals surface area contributed by atoms with Crippen LogP contribution in [0.15, 0.2) is 12.1 Å².